The predicted molar refractivity (Wildman–Crippen MR) is 96.7 cm³/mol. The maximum atomic E-state index is 13.8. The highest BCUT2D eigenvalue weighted by Gasteiger charge is 2.13. The van der Waals surface area contributed by atoms with Crippen LogP contribution in [0.15, 0.2) is 48.8 Å². The Hall–Kier alpha value is -3.22. The molecule has 0 unspecified atom stereocenters. The van der Waals surface area contributed by atoms with E-state index in [2.05, 4.69) is 29.1 Å². The lowest BCUT2D eigenvalue weighted by atomic mass is 10.0. The molecule has 26 heavy (non-hydrogen) atoms. The van der Waals surface area contributed by atoms with Crippen LogP contribution in [0.5, 0.6) is 11.6 Å². The van der Waals surface area contributed by atoms with Gasteiger partial charge in [-0.15, -0.1) is 0 Å². The third-order valence-corrected chi connectivity index (χ3v) is 3.79. The molecule has 0 saturated carbocycles. The zero-order chi connectivity index (χ0) is 18.7. The van der Waals surface area contributed by atoms with Crippen LogP contribution in [0.2, 0.25) is 0 Å². The van der Waals surface area contributed by atoms with Gasteiger partial charge in [0.15, 0.2) is 5.82 Å². The van der Waals surface area contributed by atoms with Crippen molar-refractivity contribution in [2.24, 2.45) is 0 Å². The first kappa shape index (κ1) is 17.6. The average molecular weight is 356 g/mol. The third-order valence-electron chi connectivity index (χ3n) is 3.79. The van der Waals surface area contributed by atoms with Crippen molar-refractivity contribution in [2.75, 3.05) is 11.1 Å². The standard InChI is InChI=1S/C19H18F2N4O/c1-11(2)12-3-6-14(7-4-12)26-19-17(22)18(23-10-24-19)25-16-8-5-13(20)9-15(16)21/h3-11H,22H2,1-2H3,(H,23,24,25). The van der Waals surface area contributed by atoms with Crippen LogP contribution in [0.3, 0.4) is 0 Å². The van der Waals surface area contributed by atoms with E-state index in [1.807, 2.05) is 24.3 Å². The molecule has 3 rings (SSSR count). The van der Waals surface area contributed by atoms with Crippen LogP contribution >= 0.6 is 0 Å². The molecule has 0 aliphatic heterocycles. The number of halogens is 2. The minimum atomic E-state index is -0.755. The fourth-order valence-electron chi connectivity index (χ4n) is 2.31. The number of ether oxygens (including phenoxy) is 1. The highest BCUT2D eigenvalue weighted by Crippen LogP contribution is 2.32. The van der Waals surface area contributed by atoms with Crippen LogP contribution in [-0.2, 0) is 0 Å². The van der Waals surface area contributed by atoms with Gasteiger partial charge >= 0.3 is 0 Å². The molecule has 2 aromatic carbocycles. The van der Waals surface area contributed by atoms with Gasteiger partial charge in [-0.3, -0.25) is 0 Å². The molecule has 1 aromatic heterocycles. The zero-order valence-electron chi connectivity index (χ0n) is 14.3. The summed E-state index contributed by atoms with van der Waals surface area (Å²) in [4.78, 5) is 8.01. The van der Waals surface area contributed by atoms with E-state index in [1.54, 1.807) is 0 Å². The first-order valence-corrected chi connectivity index (χ1v) is 8.04. The molecular weight excluding hydrogens is 338 g/mol. The highest BCUT2D eigenvalue weighted by atomic mass is 19.1. The number of hydrogen-bond acceptors (Lipinski definition) is 5. The number of rotatable bonds is 5. The van der Waals surface area contributed by atoms with E-state index in [0.29, 0.717) is 11.7 Å². The van der Waals surface area contributed by atoms with Crippen molar-refractivity contribution in [1.29, 1.82) is 0 Å². The Morgan fingerprint density at radius 1 is 1.04 bits per heavy atom. The summed E-state index contributed by atoms with van der Waals surface area (Å²) in [6.45, 7) is 4.20. The number of anilines is 3. The first-order valence-electron chi connectivity index (χ1n) is 8.04. The molecule has 0 aliphatic rings. The van der Waals surface area contributed by atoms with E-state index in [4.69, 9.17) is 10.5 Å². The van der Waals surface area contributed by atoms with Gasteiger partial charge in [0.25, 0.3) is 0 Å². The Morgan fingerprint density at radius 2 is 1.77 bits per heavy atom. The number of nitrogens with two attached hydrogens (primary N) is 1. The summed E-state index contributed by atoms with van der Waals surface area (Å²) < 4.78 is 32.5. The number of nitrogen functional groups attached to an aromatic ring is 1. The Morgan fingerprint density at radius 3 is 2.42 bits per heavy atom. The SMILES string of the molecule is CC(C)c1ccc(Oc2ncnc(Nc3ccc(F)cc3F)c2N)cc1. The van der Waals surface area contributed by atoms with Gasteiger partial charge in [-0.1, -0.05) is 26.0 Å². The van der Waals surface area contributed by atoms with Gasteiger partial charge in [0.05, 0.1) is 5.69 Å². The lowest BCUT2D eigenvalue weighted by molar-refractivity contribution is 0.464. The summed E-state index contributed by atoms with van der Waals surface area (Å²) in [7, 11) is 0. The third kappa shape index (κ3) is 3.88. The molecule has 0 aliphatic carbocycles. The van der Waals surface area contributed by atoms with E-state index in [0.717, 1.165) is 12.1 Å². The summed E-state index contributed by atoms with van der Waals surface area (Å²) in [5.74, 6) is -0.137. The smallest absolute Gasteiger partial charge is 0.248 e. The van der Waals surface area contributed by atoms with Crippen molar-refractivity contribution in [3.63, 3.8) is 0 Å². The number of nitrogens with one attached hydrogen (secondary N) is 1. The van der Waals surface area contributed by atoms with Crippen LogP contribution < -0.4 is 15.8 Å². The molecule has 3 N–H and O–H groups in total. The molecule has 0 saturated heterocycles. The van der Waals surface area contributed by atoms with E-state index in [1.165, 1.54) is 18.0 Å². The Labute approximate surface area is 149 Å². The Balaban J connectivity index is 1.82. The number of hydrogen-bond donors (Lipinski definition) is 2. The summed E-state index contributed by atoms with van der Waals surface area (Å²) in [5.41, 5.74) is 7.37. The van der Waals surface area contributed by atoms with Crippen molar-refractivity contribution >= 4 is 17.2 Å². The molecule has 5 nitrogen and oxygen atoms in total. The summed E-state index contributed by atoms with van der Waals surface area (Å²) in [5, 5.41) is 2.72. The zero-order valence-corrected chi connectivity index (χ0v) is 14.3. The minimum Gasteiger partial charge on any atom is -0.437 e. The van der Waals surface area contributed by atoms with E-state index >= 15 is 0 Å². The summed E-state index contributed by atoms with van der Waals surface area (Å²) >= 11 is 0. The van der Waals surface area contributed by atoms with Gasteiger partial charge in [0, 0.05) is 6.07 Å². The molecule has 1 heterocycles. The molecule has 0 bridgehead atoms. The van der Waals surface area contributed by atoms with Crippen molar-refractivity contribution in [1.82, 2.24) is 9.97 Å². The minimum absolute atomic E-state index is 0.0454. The molecule has 0 radical (unpaired) electrons. The number of aromatic nitrogens is 2. The topological polar surface area (TPSA) is 73.1 Å². The van der Waals surface area contributed by atoms with Crippen molar-refractivity contribution in [2.45, 2.75) is 19.8 Å². The van der Waals surface area contributed by atoms with Crippen LogP contribution in [0, 0.1) is 11.6 Å². The maximum absolute atomic E-state index is 13.8. The van der Waals surface area contributed by atoms with E-state index < -0.39 is 11.6 Å². The fraction of sp³-hybridized carbons (Fsp3) is 0.158. The lowest BCUT2D eigenvalue weighted by Gasteiger charge is -2.13. The fourth-order valence-corrected chi connectivity index (χ4v) is 2.31. The molecule has 0 spiro atoms. The van der Waals surface area contributed by atoms with Crippen molar-refractivity contribution in [3.8, 4) is 11.6 Å². The molecular formula is C19H18F2N4O. The molecule has 0 amide bonds. The molecule has 7 heteroatoms. The van der Waals surface area contributed by atoms with Crippen molar-refractivity contribution < 1.29 is 13.5 Å². The lowest BCUT2D eigenvalue weighted by Crippen LogP contribution is -2.04. The molecule has 0 atom stereocenters. The van der Waals surface area contributed by atoms with Crippen LogP contribution in [0.1, 0.15) is 25.3 Å². The normalized spacial score (nSPS) is 10.8. The van der Waals surface area contributed by atoms with Gasteiger partial charge < -0.3 is 15.8 Å². The Kier molecular flexibility index (Phi) is 4.97. The number of benzene rings is 2. The van der Waals surface area contributed by atoms with Gasteiger partial charge in [-0.25, -0.2) is 13.8 Å². The van der Waals surface area contributed by atoms with E-state index in [-0.39, 0.29) is 23.1 Å². The van der Waals surface area contributed by atoms with E-state index in [9.17, 15) is 8.78 Å². The van der Waals surface area contributed by atoms with Gasteiger partial charge in [0.1, 0.15) is 29.4 Å². The monoisotopic (exact) mass is 356 g/mol. The summed E-state index contributed by atoms with van der Waals surface area (Å²) in [6.07, 6.45) is 1.25. The second-order valence-electron chi connectivity index (χ2n) is 6.02. The first-order chi connectivity index (χ1) is 12.4. The molecule has 0 fully saturated rings. The largest absolute Gasteiger partial charge is 0.437 e. The maximum Gasteiger partial charge on any atom is 0.248 e. The molecule has 134 valence electrons. The second kappa shape index (κ2) is 7.35. The predicted octanol–water partition coefficient (Wildman–Crippen LogP) is 5.00. The second-order valence-corrected chi connectivity index (χ2v) is 6.02. The van der Waals surface area contributed by atoms with Crippen LogP contribution in [0.4, 0.5) is 26.0 Å². The van der Waals surface area contributed by atoms with Gasteiger partial charge in [0.2, 0.25) is 5.88 Å². The van der Waals surface area contributed by atoms with Crippen LogP contribution in [-0.4, -0.2) is 9.97 Å². The molecule has 3 aromatic rings. The van der Waals surface area contributed by atoms with Gasteiger partial charge in [-0.2, -0.15) is 4.98 Å². The Bertz CT molecular complexity index is 914. The van der Waals surface area contributed by atoms with Crippen molar-refractivity contribution in [3.05, 3.63) is 66.0 Å². The quantitative estimate of drug-likeness (QED) is 0.673. The summed E-state index contributed by atoms with van der Waals surface area (Å²) in [6, 6.07) is 10.7. The highest BCUT2D eigenvalue weighted by molar-refractivity contribution is 5.72. The van der Waals surface area contributed by atoms with Gasteiger partial charge in [-0.05, 0) is 35.7 Å². The average Bonchev–Trinajstić information content (AvgIpc) is 2.61. The van der Waals surface area contributed by atoms with Crippen LogP contribution in [0.25, 0.3) is 0 Å². The number of nitrogens with zero attached hydrogens (tertiary/aromatic N) is 2.